The highest BCUT2D eigenvalue weighted by atomic mass is 16.5. The summed E-state index contributed by atoms with van der Waals surface area (Å²) in [7, 11) is 0. The normalized spacial score (nSPS) is 13.3. The maximum absolute atomic E-state index is 5.75. The maximum Gasteiger partial charge on any atom is 0.0469 e. The summed E-state index contributed by atoms with van der Waals surface area (Å²) in [6.45, 7) is 11.7. The van der Waals surface area contributed by atoms with Gasteiger partial charge in [-0.2, -0.15) is 0 Å². The second-order valence-electron chi connectivity index (χ2n) is 6.94. The van der Waals surface area contributed by atoms with Crippen LogP contribution >= 0.6 is 0 Å². The molecular weight excluding hydrogens is 258 g/mol. The number of benzene rings is 1. The van der Waals surface area contributed by atoms with E-state index in [1.807, 2.05) is 0 Å². The second-order valence-corrected chi connectivity index (χ2v) is 6.94. The smallest absolute Gasteiger partial charge is 0.0469 e. The lowest BCUT2D eigenvalue weighted by Gasteiger charge is -2.25. The third-order valence-electron chi connectivity index (χ3n) is 3.60. The molecule has 0 heterocycles. The molecule has 1 aromatic carbocycles. The van der Waals surface area contributed by atoms with Crippen molar-refractivity contribution in [2.75, 3.05) is 19.8 Å². The van der Waals surface area contributed by atoms with E-state index in [-0.39, 0.29) is 5.54 Å². The van der Waals surface area contributed by atoms with Crippen LogP contribution in [0.15, 0.2) is 30.3 Å². The molecule has 0 spiro atoms. The summed E-state index contributed by atoms with van der Waals surface area (Å²) in [5, 5.41) is 3.64. The Kier molecular flexibility index (Phi) is 8.63. The molecule has 1 aromatic rings. The molecule has 0 saturated heterocycles. The molecule has 1 unspecified atom stereocenters. The molecule has 2 heteroatoms. The first-order valence-corrected chi connectivity index (χ1v) is 8.38. The summed E-state index contributed by atoms with van der Waals surface area (Å²) >= 11 is 0. The summed E-state index contributed by atoms with van der Waals surface area (Å²) < 4.78 is 5.75. The first-order chi connectivity index (χ1) is 10.0. The van der Waals surface area contributed by atoms with Gasteiger partial charge < -0.3 is 10.1 Å². The quantitative estimate of drug-likeness (QED) is 0.643. The van der Waals surface area contributed by atoms with Crippen molar-refractivity contribution in [2.45, 2.75) is 58.9 Å². The fourth-order valence-corrected chi connectivity index (χ4v) is 2.27. The van der Waals surface area contributed by atoms with Crippen LogP contribution in [-0.4, -0.2) is 25.3 Å². The SMILES string of the molecule is CCCCOCCC(CNC(C)(C)C)Cc1ccccc1. The summed E-state index contributed by atoms with van der Waals surface area (Å²) in [6, 6.07) is 10.8. The van der Waals surface area contributed by atoms with Crippen molar-refractivity contribution in [1.29, 1.82) is 0 Å². The van der Waals surface area contributed by atoms with Crippen LogP contribution in [0.2, 0.25) is 0 Å². The van der Waals surface area contributed by atoms with E-state index >= 15 is 0 Å². The highest BCUT2D eigenvalue weighted by Crippen LogP contribution is 2.13. The van der Waals surface area contributed by atoms with Gasteiger partial charge in [0.15, 0.2) is 0 Å². The molecule has 120 valence electrons. The number of unbranched alkanes of at least 4 members (excludes halogenated alkanes) is 1. The van der Waals surface area contributed by atoms with Gasteiger partial charge in [0.25, 0.3) is 0 Å². The monoisotopic (exact) mass is 291 g/mol. The van der Waals surface area contributed by atoms with Crippen LogP contribution in [-0.2, 0) is 11.2 Å². The first kappa shape index (κ1) is 18.2. The number of hydrogen-bond donors (Lipinski definition) is 1. The molecule has 0 aromatic heterocycles. The Morgan fingerprint density at radius 3 is 2.43 bits per heavy atom. The van der Waals surface area contributed by atoms with Crippen LogP contribution < -0.4 is 5.32 Å². The van der Waals surface area contributed by atoms with Gasteiger partial charge >= 0.3 is 0 Å². The molecule has 0 saturated carbocycles. The Bertz CT molecular complexity index is 356. The zero-order chi connectivity index (χ0) is 15.6. The van der Waals surface area contributed by atoms with Crippen LogP contribution in [0.25, 0.3) is 0 Å². The van der Waals surface area contributed by atoms with Gasteiger partial charge in [-0.05, 0) is 58.1 Å². The highest BCUT2D eigenvalue weighted by Gasteiger charge is 2.14. The van der Waals surface area contributed by atoms with Gasteiger partial charge in [0.1, 0.15) is 0 Å². The Morgan fingerprint density at radius 2 is 1.81 bits per heavy atom. The van der Waals surface area contributed by atoms with Crippen LogP contribution in [0.1, 0.15) is 52.5 Å². The van der Waals surface area contributed by atoms with Crippen molar-refractivity contribution < 1.29 is 4.74 Å². The molecule has 0 aliphatic carbocycles. The third-order valence-corrected chi connectivity index (χ3v) is 3.60. The predicted molar refractivity (Wildman–Crippen MR) is 91.7 cm³/mol. The van der Waals surface area contributed by atoms with Crippen molar-refractivity contribution in [3.8, 4) is 0 Å². The minimum absolute atomic E-state index is 0.179. The summed E-state index contributed by atoms with van der Waals surface area (Å²) in [5.74, 6) is 0.633. The Balaban J connectivity index is 2.41. The first-order valence-electron chi connectivity index (χ1n) is 8.38. The molecule has 0 aliphatic rings. The Hall–Kier alpha value is -0.860. The third kappa shape index (κ3) is 9.65. The molecule has 0 amide bonds. The van der Waals surface area contributed by atoms with Gasteiger partial charge in [-0.25, -0.2) is 0 Å². The van der Waals surface area contributed by atoms with E-state index in [2.05, 4.69) is 63.3 Å². The molecule has 1 N–H and O–H groups in total. The molecule has 0 fully saturated rings. The van der Waals surface area contributed by atoms with Crippen LogP contribution in [0.4, 0.5) is 0 Å². The van der Waals surface area contributed by atoms with E-state index < -0.39 is 0 Å². The molecule has 0 radical (unpaired) electrons. The van der Waals surface area contributed by atoms with E-state index in [0.29, 0.717) is 5.92 Å². The predicted octanol–water partition coefficient (Wildman–Crippen LogP) is 4.44. The van der Waals surface area contributed by atoms with E-state index in [1.54, 1.807) is 0 Å². The van der Waals surface area contributed by atoms with Crippen molar-refractivity contribution in [3.05, 3.63) is 35.9 Å². The van der Waals surface area contributed by atoms with Crippen molar-refractivity contribution >= 4 is 0 Å². The number of ether oxygens (including phenoxy) is 1. The molecule has 21 heavy (non-hydrogen) atoms. The van der Waals surface area contributed by atoms with Crippen molar-refractivity contribution in [3.63, 3.8) is 0 Å². The largest absolute Gasteiger partial charge is 0.381 e. The molecule has 2 nitrogen and oxygen atoms in total. The minimum Gasteiger partial charge on any atom is -0.381 e. The molecule has 0 aliphatic heterocycles. The zero-order valence-corrected chi connectivity index (χ0v) is 14.3. The second kappa shape index (κ2) is 9.97. The fraction of sp³-hybridized carbons (Fsp3) is 0.684. The highest BCUT2D eigenvalue weighted by molar-refractivity contribution is 5.15. The summed E-state index contributed by atoms with van der Waals surface area (Å²) in [6.07, 6.45) is 4.63. The van der Waals surface area contributed by atoms with E-state index in [9.17, 15) is 0 Å². The fourth-order valence-electron chi connectivity index (χ4n) is 2.27. The lowest BCUT2D eigenvalue weighted by Crippen LogP contribution is -2.39. The lowest BCUT2D eigenvalue weighted by molar-refractivity contribution is 0.116. The molecule has 1 rings (SSSR count). The summed E-state index contributed by atoms with van der Waals surface area (Å²) in [5.41, 5.74) is 1.60. The molecule has 1 atom stereocenters. The Morgan fingerprint density at radius 1 is 1.10 bits per heavy atom. The average Bonchev–Trinajstić information content (AvgIpc) is 2.44. The van der Waals surface area contributed by atoms with Gasteiger partial charge in [0.2, 0.25) is 0 Å². The van der Waals surface area contributed by atoms with E-state index in [0.717, 1.165) is 32.6 Å². The number of rotatable bonds is 10. The number of nitrogens with one attached hydrogen (secondary N) is 1. The Labute approximate surface area is 131 Å². The van der Waals surface area contributed by atoms with Gasteiger partial charge in [-0.1, -0.05) is 43.7 Å². The standard InChI is InChI=1S/C19H33NO/c1-5-6-13-21-14-12-18(16-20-19(2,3)4)15-17-10-8-7-9-11-17/h7-11,18,20H,5-6,12-16H2,1-4H3. The molecular formula is C19H33NO. The van der Waals surface area contributed by atoms with E-state index in [4.69, 9.17) is 4.74 Å². The maximum atomic E-state index is 5.75. The zero-order valence-electron chi connectivity index (χ0n) is 14.3. The van der Waals surface area contributed by atoms with E-state index in [1.165, 1.54) is 18.4 Å². The van der Waals surface area contributed by atoms with Gasteiger partial charge in [0.05, 0.1) is 0 Å². The molecule has 0 bridgehead atoms. The van der Waals surface area contributed by atoms with Crippen molar-refractivity contribution in [1.82, 2.24) is 5.32 Å². The van der Waals surface area contributed by atoms with Gasteiger partial charge in [-0.15, -0.1) is 0 Å². The van der Waals surface area contributed by atoms with Gasteiger partial charge in [0, 0.05) is 18.8 Å². The van der Waals surface area contributed by atoms with Gasteiger partial charge in [-0.3, -0.25) is 0 Å². The van der Waals surface area contributed by atoms with Crippen molar-refractivity contribution in [2.24, 2.45) is 5.92 Å². The topological polar surface area (TPSA) is 21.3 Å². The summed E-state index contributed by atoms with van der Waals surface area (Å²) in [4.78, 5) is 0. The van der Waals surface area contributed by atoms with Crippen LogP contribution in [0, 0.1) is 5.92 Å². The van der Waals surface area contributed by atoms with Crippen LogP contribution in [0.3, 0.4) is 0 Å². The number of hydrogen-bond acceptors (Lipinski definition) is 2. The average molecular weight is 291 g/mol. The lowest BCUT2D eigenvalue weighted by atomic mass is 9.95. The van der Waals surface area contributed by atoms with Crippen LogP contribution in [0.5, 0.6) is 0 Å². The minimum atomic E-state index is 0.179.